The van der Waals surface area contributed by atoms with Crippen LogP contribution in [0, 0.1) is 5.82 Å². The van der Waals surface area contributed by atoms with Gasteiger partial charge in [-0.25, -0.2) is 21.2 Å². The molecule has 0 N–H and O–H groups in total. The molecule has 1 rings (SSSR count). The van der Waals surface area contributed by atoms with Gasteiger partial charge in [0.25, 0.3) is 0 Å². The number of rotatable bonds is 4. The Labute approximate surface area is 104 Å². The molecule has 0 fully saturated rings. The first-order valence-corrected chi connectivity index (χ1v) is 8.67. The van der Waals surface area contributed by atoms with Crippen molar-refractivity contribution in [3.63, 3.8) is 0 Å². The van der Waals surface area contributed by atoms with E-state index < -0.39 is 36.3 Å². The summed E-state index contributed by atoms with van der Waals surface area (Å²) in [5, 5.41) is -0.893. The Hall–Kier alpha value is -0.660. The second-order valence-corrected chi connectivity index (χ2v) is 8.64. The number of hydrogen-bond acceptors (Lipinski definition) is 4. The van der Waals surface area contributed by atoms with E-state index in [0.717, 1.165) is 18.4 Å². The summed E-state index contributed by atoms with van der Waals surface area (Å²) in [6.45, 7) is 0. The zero-order valence-corrected chi connectivity index (χ0v) is 11.2. The van der Waals surface area contributed by atoms with E-state index >= 15 is 0 Å². The number of halogens is 2. The lowest BCUT2D eigenvalue weighted by Gasteiger charge is -2.05. The Morgan fingerprint density at radius 1 is 1.24 bits per heavy atom. The monoisotopic (exact) mass is 300 g/mol. The third-order valence-electron chi connectivity index (χ3n) is 1.78. The molecule has 0 aliphatic heterocycles. The Kier molecular flexibility index (Phi) is 4.16. The van der Waals surface area contributed by atoms with E-state index in [1.807, 2.05) is 0 Å². The summed E-state index contributed by atoms with van der Waals surface area (Å²) in [4.78, 5) is 0. The van der Waals surface area contributed by atoms with Crippen molar-refractivity contribution < 1.29 is 21.2 Å². The van der Waals surface area contributed by atoms with Crippen molar-refractivity contribution in [2.45, 2.75) is 5.75 Å². The Morgan fingerprint density at radius 2 is 1.82 bits per heavy atom. The largest absolute Gasteiger partial charge is 0.228 e. The second-order valence-electron chi connectivity index (χ2n) is 3.67. The summed E-state index contributed by atoms with van der Waals surface area (Å²) < 4.78 is 57.7. The average Bonchev–Trinajstić information content (AvgIpc) is 2.06. The lowest BCUT2D eigenvalue weighted by Crippen LogP contribution is -2.17. The van der Waals surface area contributed by atoms with Crippen LogP contribution in [0.2, 0.25) is 5.02 Å². The summed E-state index contributed by atoms with van der Waals surface area (Å²) >= 11 is 5.69. The summed E-state index contributed by atoms with van der Waals surface area (Å²) in [7, 11) is -7.52. The molecule has 0 unspecified atom stereocenters. The van der Waals surface area contributed by atoms with Crippen molar-refractivity contribution in [1.29, 1.82) is 0 Å². The fourth-order valence-corrected chi connectivity index (χ4v) is 5.18. The molecule has 0 saturated heterocycles. The topological polar surface area (TPSA) is 68.3 Å². The van der Waals surface area contributed by atoms with E-state index in [0.29, 0.717) is 0 Å². The van der Waals surface area contributed by atoms with Gasteiger partial charge in [0.2, 0.25) is 0 Å². The van der Waals surface area contributed by atoms with Gasteiger partial charge in [-0.1, -0.05) is 11.6 Å². The van der Waals surface area contributed by atoms with Crippen molar-refractivity contribution in [1.82, 2.24) is 0 Å². The first kappa shape index (κ1) is 14.4. The molecule has 0 heterocycles. The van der Waals surface area contributed by atoms with Gasteiger partial charge in [0.15, 0.2) is 24.8 Å². The van der Waals surface area contributed by atoms with Crippen LogP contribution >= 0.6 is 11.6 Å². The average molecular weight is 301 g/mol. The minimum atomic E-state index is -3.87. The Bertz CT molecular complexity index is 622. The van der Waals surface area contributed by atoms with Gasteiger partial charge in [0.1, 0.15) is 5.82 Å². The molecule has 4 nitrogen and oxygen atoms in total. The van der Waals surface area contributed by atoms with Crippen LogP contribution in [0.4, 0.5) is 4.39 Å². The van der Waals surface area contributed by atoms with Gasteiger partial charge in [0.05, 0.1) is 5.75 Å². The summed E-state index contributed by atoms with van der Waals surface area (Å²) in [6, 6.07) is 3.29. The molecular formula is C9H10ClFO4S2. The van der Waals surface area contributed by atoms with Gasteiger partial charge in [-0.3, -0.25) is 0 Å². The van der Waals surface area contributed by atoms with E-state index in [4.69, 9.17) is 11.6 Å². The first-order valence-electron chi connectivity index (χ1n) is 4.41. The molecule has 0 aliphatic rings. The molecule has 0 bridgehead atoms. The highest BCUT2D eigenvalue weighted by Gasteiger charge is 2.20. The van der Waals surface area contributed by atoms with Crippen LogP contribution in [-0.2, 0) is 25.4 Å². The molecule has 0 saturated carbocycles. The summed E-state index contributed by atoms with van der Waals surface area (Å²) in [6.07, 6.45) is 0.817. The van der Waals surface area contributed by atoms with Crippen LogP contribution in [0.15, 0.2) is 18.2 Å². The van der Waals surface area contributed by atoms with E-state index in [-0.39, 0.29) is 10.6 Å². The zero-order chi connectivity index (χ0) is 13.3. The molecule has 1 aromatic carbocycles. The van der Waals surface area contributed by atoms with E-state index in [2.05, 4.69) is 0 Å². The van der Waals surface area contributed by atoms with Gasteiger partial charge in [-0.15, -0.1) is 0 Å². The normalized spacial score (nSPS) is 12.6. The maximum atomic E-state index is 12.9. The fraction of sp³-hybridized carbons (Fsp3) is 0.333. The molecule has 0 amide bonds. The van der Waals surface area contributed by atoms with Crippen LogP contribution in [-0.4, -0.2) is 28.2 Å². The fourth-order valence-electron chi connectivity index (χ4n) is 1.26. The van der Waals surface area contributed by atoms with Crippen LogP contribution < -0.4 is 0 Å². The first-order chi connectivity index (χ1) is 7.59. The minimum Gasteiger partial charge on any atom is -0.228 e. The summed E-state index contributed by atoms with van der Waals surface area (Å²) in [5.41, 5.74) is 0.0512. The van der Waals surface area contributed by atoms with Gasteiger partial charge in [0, 0.05) is 11.3 Å². The highest BCUT2D eigenvalue weighted by atomic mass is 35.5. The van der Waals surface area contributed by atoms with E-state index in [9.17, 15) is 21.2 Å². The molecule has 8 heteroatoms. The molecule has 0 radical (unpaired) electrons. The maximum Gasteiger partial charge on any atom is 0.168 e. The van der Waals surface area contributed by atoms with Crippen molar-refractivity contribution >= 4 is 31.3 Å². The third kappa shape index (κ3) is 5.01. The Morgan fingerprint density at radius 3 is 2.35 bits per heavy atom. The van der Waals surface area contributed by atoms with Gasteiger partial charge >= 0.3 is 0 Å². The highest BCUT2D eigenvalue weighted by molar-refractivity contribution is 8.07. The van der Waals surface area contributed by atoms with Gasteiger partial charge < -0.3 is 0 Å². The van der Waals surface area contributed by atoms with Crippen LogP contribution in [0.5, 0.6) is 0 Å². The van der Waals surface area contributed by atoms with Crippen LogP contribution in [0.25, 0.3) is 0 Å². The highest BCUT2D eigenvalue weighted by Crippen LogP contribution is 2.20. The van der Waals surface area contributed by atoms with Crippen LogP contribution in [0.1, 0.15) is 5.56 Å². The van der Waals surface area contributed by atoms with Crippen LogP contribution in [0.3, 0.4) is 0 Å². The molecule has 0 spiro atoms. The second kappa shape index (κ2) is 4.91. The molecule has 1 aromatic rings. The minimum absolute atomic E-state index is 0.0512. The van der Waals surface area contributed by atoms with Crippen molar-refractivity contribution in [3.05, 3.63) is 34.6 Å². The SMILES string of the molecule is CS(=O)(=O)CS(=O)(=O)Cc1cc(F)ccc1Cl. The molecule has 17 heavy (non-hydrogen) atoms. The molecule has 96 valence electrons. The van der Waals surface area contributed by atoms with Gasteiger partial charge in [-0.2, -0.15) is 0 Å². The Balaban J connectivity index is 3.02. The van der Waals surface area contributed by atoms with Crippen molar-refractivity contribution in [3.8, 4) is 0 Å². The third-order valence-corrected chi connectivity index (χ3v) is 6.05. The maximum absolute atomic E-state index is 12.9. The molecular weight excluding hydrogens is 291 g/mol. The standard InChI is InChI=1S/C9H10ClFO4S2/c1-16(12,13)6-17(14,15)5-7-4-8(11)2-3-9(7)10/h2-4H,5-6H2,1H3. The molecule has 0 atom stereocenters. The van der Waals surface area contributed by atoms with Crippen molar-refractivity contribution in [2.75, 3.05) is 11.3 Å². The predicted octanol–water partition coefficient (Wildman–Crippen LogP) is 1.40. The number of hydrogen-bond donors (Lipinski definition) is 0. The van der Waals surface area contributed by atoms with E-state index in [1.165, 1.54) is 6.07 Å². The predicted molar refractivity (Wildman–Crippen MR) is 63.7 cm³/mol. The zero-order valence-electron chi connectivity index (χ0n) is 8.85. The molecule has 0 aliphatic carbocycles. The molecule has 0 aromatic heterocycles. The smallest absolute Gasteiger partial charge is 0.168 e. The van der Waals surface area contributed by atoms with E-state index in [1.54, 1.807) is 0 Å². The summed E-state index contributed by atoms with van der Waals surface area (Å²) in [5.74, 6) is -1.23. The van der Waals surface area contributed by atoms with Crippen molar-refractivity contribution in [2.24, 2.45) is 0 Å². The van der Waals surface area contributed by atoms with Gasteiger partial charge in [-0.05, 0) is 23.8 Å². The lowest BCUT2D eigenvalue weighted by atomic mass is 10.2. The quantitative estimate of drug-likeness (QED) is 0.843. The number of sulfone groups is 2. The number of benzene rings is 1. The lowest BCUT2D eigenvalue weighted by molar-refractivity contribution is 0.591.